The maximum atomic E-state index is 14.2. The molecular weight excluding hydrogens is 386 g/mol. The molecule has 0 atom stereocenters. The zero-order valence-corrected chi connectivity index (χ0v) is 16.4. The van der Waals surface area contributed by atoms with Crippen molar-refractivity contribution in [1.82, 2.24) is 9.97 Å². The van der Waals surface area contributed by atoms with Gasteiger partial charge < -0.3 is 10.2 Å². The van der Waals surface area contributed by atoms with Gasteiger partial charge in [-0.2, -0.15) is 0 Å². The van der Waals surface area contributed by atoms with E-state index in [1.165, 1.54) is 23.9 Å². The number of anilines is 2. The van der Waals surface area contributed by atoms with Gasteiger partial charge in [-0.05, 0) is 54.8 Å². The van der Waals surface area contributed by atoms with E-state index >= 15 is 0 Å². The van der Waals surface area contributed by atoms with Gasteiger partial charge in [0.05, 0.1) is 11.8 Å². The maximum absolute atomic E-state index is 14.2. The molecule has 5 nitrogen and oxygen atoms in total. The molecular formula is C23H20F2N4O. The highest BCUT2D eigenvalue weighted by Gasteiger charge is 2.21. The molecule has 0 spiro atoms. The van der Waals surface area contributed by atoms with Gasteiger partial charge in [0.2, 0.25) is 0 Å². The standard InChI is InChI=1S/C23H20F2N4O/c1-15-9-12-29(22-20(24)3-2-10-27-22)14-19(15)16-4-6-17(7-5-16)28-23(30)18-8-11-26-13-21(18)25/h2-8,10-11,13H,9,12,14H2,1H3,(H,28,30). The molecule has 0 radical (unpaired) electrons. The fourth-order valence-corrected chi connectivity index (χ4v) is 3.50. The average molecular weight is 406 g/mol. The second-order valence-electron chi connectivity index (χ2n) is 7.13. The summed E-state index contributed by atoms with van der Waals surface area (Å²) < 4.78 is 27.9. The lowest BCUT2D eigenvalue weighted by Crippen LogP contribution is -2.32. The first-order chi connectivity index (χ1) is 14.5. The number of nitrogens with one attached hydrogen (secondary N) is 1. The number of pyridine rings is 2. The molecule has 0 saturated carbocycles. The van der Waals surface area contributed by atoms with Crippen LogP contribution in [0.3, 0.4) is 0 Å². The largest absolute Gasteiger partial charge is 0.350 e. The molecule has 7 heteroatoms. The van der Waals surface area contributed by atoms with Crippen LogP contribution in [0, 0.1) is 11.6 Å². The number of carbonyl (C=O) groups is 1. The zero-order chi connectivity index (χ0) is 21.1. The highest BCUT2D eigenvalue weighted by Crippen LogP contribution is 2.30. The third-order valence-electron chi connectivity index (χ3n) is 5.17. The van der Waals surface area contributed by atoms with Gasteiger partial charge in [0.1, 0.15) is 0 Å². The molecule has 0 fully saturated rings. The Balaban J connectivity index is 1.51. The van der Waals surface area contributed by atoms with Crippen LogP contribution in [0.4, 0.5) is 20.3 Å². The molecule has 0 unspecified atom stereocenters. The molecule has 3 heterocycles. The Morgan fingerprint density at radius 2 is 1.87 bits per heavy atom. The van der Waals surface area contributed by atoms with Gasteiger partial charge in [-0.3, -0.25) is 9.78 Å². The van der Waals surface area contributed by atoms with E-state index in [0.717, 1.165) is 23.8 Å². The van der Waals surface area contributed by atoms with Gasteiger partial charge in [0.15, 0.2) is 17.5 Å². The summed E-state index contributed by atoms with van der Waals surface area (Å²) >= 11 is 0. The van der Waals surface area contributed by atoms with Crippen molar-refractivity contribution in [2.24, 2.45) is 0 Å². The minimum absolute atomic E-state index is 0.0621. The first-order valence-corrected chi connectivity index (χ1v) is 9.58. The fourth-order valence-electron chi connectivity index (χ4n) is 3.50. The number of benzene rings is 1. The van der Waals surface area contributed by atoms with E-state index in [1.54, 1.807) is 24.4 Å². The maximum Gasteiger partial charge on any atom is 0.258 e. The fraction of sp³-hybridized carbons (Fsp3) is 0.174. The monoisotopic (exact) mass is 406 g/mol. The number of rotatable bonds is 4. The predicted octanol–water partition coefficient (Wildman–Crippen LogP) is 4.69. The van der Waals surface area contributed by atoms with Crippen molar-refractivity contribution < 1.29 is 13.6 Å². The number of hydrogen-bond donors (Lipinski definition) is 1. The van der Waals surface area contributed by atoms with Crippen LogP contribution in [0.5, 0.6) is 0 Å². The van der Waals surface area contributed by atoms with E-state index in [0.29, 0.717) is 24.6 Å². The number of halogens is 2. The van der Waals surface area contributed by atoms with E-state index in [9.17, 15) is 13.6 Å². The summed E-state index contributed by atoms with van der Waals surface area (Å²) in [6, 6.07) is 11.7. The molecule has 1 aromatic carbocycles. The van der Waals surface area contributed by atoms with Crippen LogP contribution in [0.15, 0.2) is 66.6 Å². The lowest BCUT2D eigenvalue weighted by molar-refractivity contribution is 0.102. The van der Waals surface area contributed by atoms with Crippen LogP contribution in [0.2, 0.25) is 0 Å². The molecule has 4 rings (SSSR count). The minimum atomic E-state index is -0.670. The molecule has 2 aromatic heterocycles. The third kappa shape index (κ3) is 4.05. The molecule has 3 aromatic rings. The van der Waals surface area contributed by atoms with E-state index < -0.39 is 11.7 Å². The number of amides is 1. The van der Waals surface area contributed by atoms with Crippen LogP contribution in [0.1, 0.15) is 29.3 Å². The second kappa shape index (κ2) is 8.41. The molecule has 0 saturated heterocycles. The Hall–Kier alpha value is -3.61. The van der Waals surface area contributed by atoms with E-state index in [4.69, 9.17) is 0 Å². The summed E-state index contributed by atoms with van der Waals surface area (Å²) in [6.45, 7) is 3.33. The highest BCUT2D eigenvalue weighted by molar-refractivity contribution is 6.04. The highest BCUT2D eigenvalue weighted by atomic mass is 19.1. The van der Waals surface area contributed by atoms with Crippen LogP contribution in [-0.4, -0.2) is 29.0 Å². The van der Waals surface area contributed by atoms with Crippen molar-refractivity contribution in [2.75, 3.05) is 23.3 Å². The van der Waals surface area contributed by atoms with E-state index in [1.807, 2.05) is 17.0 Å². The predicted molar refractivity (Wildman–Crippen MR) is 112 cm³/mol. The summed E-state index contributed by atoms with van der Waals surface area (Å²) in [5, 5.41) is 2.69. The van der Waals surface area contributed by atoms with Gasteiger partial charge in [-0.15, -0.1) is 0 Å². The van der Waals surface area contributed by atoms with Crippen molar-refractivity contribution in [3.05, 3.63) is 89.4 Å². The summed E-state index contributed by atoms with van der Waals surface area (Å²) in [6.07, 6.45) is 4.78. The Kier molecular flexibility index (Phi) is 5.52. The lowest BCUT2D eigenvalue weighted by Gasteiger charge is -2.31. The zero-order valence-electron chi connectivity index (χ0n) is 16.4. The minimum Gasteiger partial charge on any atom is -0.350 e. The summed E-state index contributed by atoms with van der Waals surface area (Å²) in [5.41, 5.74) is 3.82. The summed E-state index contributed by atoms with van der Waals surface area (Å²) in [4.78, 5) is 22.0. The molecule has 0 aliphatic carbocycles. The number of aromatic nitrogens is 2. The number of nitrogens with zero attached hydrogens (tertiary/aromatic N) is 3. The van der Waals surface area contributed by atoms with Crippen LogP contribution < -0.4 is 10.2 Å². The van der Waals surface area contributed by atoms with Crippen molar-refractivity contribution in [2.45, 2.75) is 13.3 Å². The van der Waals surface area contributed by atoms with Gasteiger partial charge in [0.25, 0.3) is 5.91 Å². The normalized spacial score (nSPS) is 14.0. The Morgan fingerprint density at radius 1 is 1.07 bits per heavy atom. The molecule has 152 valence electrons. The van der Waals surface area contributed by atoms with Crippen LogP contribution >= 0.6 is 0 Å². The van der Waals surface area contributed by atoms with E-state index in [2.05, 4.69) is 22.2 Å². The van der Waals surface area contributed by atoms with Crippen molar-refractivity contribution in [1.29, 1.82) is 0 Å². The molecule has 30 heavy (non-hydrogen) atoms. The third-order valence-corrected chi connectivity index (χ3v) is 5.17. The van der Waals surface area contributed by atoms with Crippen molar-refractivity contribution >= 4 is 23.0 Å². The van der Waals surface area contributed by atoms with Gasteiger partial charge >= 0.3 is 0 Å². The van der Waals surface area contributed by atoms with Crippen molar-refractivity contribution in [3.8, 4) is 0 Å². The van der Waals surface area contributed by atoms with E-state index in [-0.39, 0.29) is 11.4 Å². The van der Waals surface area contributed by atoms with Gasteiger partial charge in [-0.25, -0.2) is 13.8 Å². The first kappa shape index (κ1) is 19.7. The molecule has 0 bridgehead atoms. The first-order valence-electron chi connectivity index (χ1n) is 9.58. The van der Waals surface area contributed by atoms with Gasteiger partial charge in [-0.1, -0.05) is 17.7 Å². The average Bonchev–Trinajstić information content (AvgIpc) is 2.75. The Labute approximate surface area is 173 Å². The summed E-state index contributed by atoms with van der Waals surface area (Å²) in [5.74, 6) is -1.19. The lowest BCUT2D eigenvalue weighted by atomic mass is 9.94. The second-order valence-corrected chi connectivity index (χ2v) is 7.13. The van der Waals surface area contributed by atoms with Crippen LogP contribution in [0.25, 0.3) is 5.57 Å². The van der Waals surface area contributed by atoms with Gasteiger partial charge in [0, 0.05) is 31.2 Å². The van der Waals surface area contributed by atoms with Crippen molar-refractivity contribution in [3.63, 3.8) is 0 Å². The molecule has 1 N–H and O–H groups in total. The quantitative estimate of drug-likeness (QED) is 0.683. The molecule has 1 aliphatic heterocycles. The molecule has 1 amide bonds. The molecule has 1 aliphatic rings. The Morgan fingerprint density at radius 3 is 2.60 bits per heavy atom. The number of carbonyl (C=O) groups excluding carboxylic acids is 1. The topological polar surface area (TPSA) is 58.1 Å². The Bertz CT molecular complexity index is 1110. The smallest absolute Gasteiger partial charge is 0.258 e. The number of hydrogen-bond acceptors (Lipinski definition) is 4. The van der Waals surface area contributed by atoms with Crippen LogP contribution in [-0.2, 0) is 0 Å². The summed E-state index contributed by atoms with van der Waals surface area (Å²) in [7, 11) is 0. The SMILES string of the molecule is CC1=C(c2ccc(NC(=O)c3ccncc3F)cc2)CN(c2ncccc2F)CC1.